The molecule has 2 N–H and O–H groups in total. The Kier molecular flexibility index (Phi) is 5.89. The van der Waals surface area contributed by atoms with Crippen LogP contribution in [0.5, 0.6) is 0 Å². The van der Waals surface area contributed by atoms with Crippen LogP contribution in [-0.4, -0.2) is 16.0 Å². The van der Waals surface area contributed by atoms with Crippen LogP contribution in [0.25, 0.3) is 22.6 Å². The van der Waals surface area contributed by atoms with Crippen LogP contribution in [0.1, 0.15) is 27.0 Å². The quantitative estimate of drug-likeness (QED) is 0.327. The Morgan fingerprint density at radius 3 is 2.61 bits per heavy atom. The van der Waals surface area contributed by atoms with Gasteiger partial charge in [0.1, 0.15) is 5.52 Å². The Bertz CT molecular complexity index is 1330. The van der Waals surface area contributed by atoms with E-state index in [4.69, 9.17) is 16.6 Å². The van der Waals surface area contributed by atoms with Crippen LogP contribution in [0.15, 0.2) is 63.5 Å². The molecule has 4 aromatic rings. The number of nitrogens with one attached hydrogen (secondary N) is 2. The summed E-state index contributed by atoms with van der Waals surface area (Å²) < 4.78 is 6.85. The van der Waals surface area contributed by atoms with Crippen molar-refractivity contribution in [3.8, 4) is 11.5 Å². The molecule has 0 unspecified atom stereocenters. The normalized spacial score (nSPS) is 10.8. The van der Waals surface area contributed by atoms with Crippen molar-refractivity contribution < 1.29 is 9.21 Å². The second-order valence-corrected chi connectivity index (χ2v) is 8.72. The van der Waals surface area contributed by atoms with E-state index in [0.717, 1.165) is 43.5 Å². The molecule has 0 saturated heterocycles. The Labute approximate surface area is 194 Å². The third-order valence-electron chi connectivity index (χ3n) is 4.87. The highest BCUT2D eigenvalue weighted by atomic mass is 79.9. The maximum absolute atomic E-state index is 12.4. The number of rotatable bonds is 3. The zero-order valence-corrected chi connectivity index (χ0v) is 19.6. The second-order valence-electron chi connectivity index (χ2n) is 7.40. The summed E-state index contributed by atoms with van der Waals surface area (Å²) in [4.78, 5) is 17.1. The molecule has 0 bridgehead atoms. The minimum absolute atomic E-state index is 0.217. The van der Waals surface area contributed by atoms with Gasteiger partial charge in [0.25, 0.3) is 5.91 Å². The second kappa shape index (κ2) is 8.61. The largest absolute Gasteiger partial charge is 0.436 e. The molecule has 0 spiro atoms. The minimum atomic E-state index is -0.280. The van der Waals surface area contributed by atoms with Gasteiger partial charge in [-0.05, 0) is 86.1 Å². The fourth-order valence-electron chi connectivity index (χ4n) is 3.35. The smallest absolute Gasteiger partial charge is 0.257 e. The number of oxazole rings is 1. The average Bonchev–Trinajstić information content (AvgIpc) is 3.14. The number of carbonyl (C=O) groups excluding carboxylic acids is 1. The van der Waals surface area contributed by atoms with E-state index in [0.29, 0.717) is 11.5 Å². The third-order valence-corrected chi connectivity index (χ3v) is 5.56. The van der Waals surface area contributed by atoms with E-state index in [-0.39, 0.29) is 11.0 Å². The van der Waals surface area contributed by atoms with Gasteiger partial charge in [-0.3, -0.25) is 10.1 Å². The van der Waals surface area contributed by atoms with Crippen LogP contribution < -0.4 is 10.6 Å². The maximum Gasteiger partial charge on any atom is 0.257 e. The van der Waals surface area contributed by atoms with Gasteiger partial charge in [-0.15, -0.1) is 0 Å². The molecule has 0 atom stereocenters. The molecule has 7 heteroatoms. The van der Waals surface area contributed by atoms with Crippen LogP contribution in [0, 0.1) is 20.8 Å². The predicted molar refractivity (Wildman–Crippen MR) is 131 cm³/mol. The van der Waals surface area contributed by atoms with Crippen LogP contribution in [0.4, 0.5) is 5.69 Å². The molecule has 156 valence electrons. The Morgan fingerprint density at radius 1 is 1.03 bits per heavy atom. The maximum atomic E-state index is 12.4. The molecule has 1 aromatic heterocycles. The minimum Gasteiger partial charge on any atom is -0.436 e. The van der Waals surface area contributed by atoms with Gasteiger partial charge in [0, 0.05) is 21.3 Å². The van der Waals surface area contributed by atoms with E-state index in [9.17, 15) is 4.79 Å². The van der Waals surface area contributed by atoms with Gasteiger partial charge in [-0.1, -0.05) is 34.1 Å². The fraction of sp³-hybridized carbons (Fsp3) is 0.125. The summed E-state index contributed by atoms with van der Waals surface area (Å²) in [5.74, 6) is 0.258. The fourth-order valence-corrected chi connectivity index (χ4v) is 3.95. The lowest BCUT2D eigenvalue weighted by molar-refractivity contribution is 0.0977. The predicted octanol–water partition coefficient (Wildman–Crippen LogP) is 6.31. The summed E-state index contributed by atoms with van der Waals surface area (Å²) in [7, 11) is 0. The first-order valence-corrected chi connectivity index (χ1v) is 10.9. The number of fused-ring (bicyclic) bond motifs is 1. The summed E-state index contributed by atoms with van der Waals surface area (Å²) in [5, 5.41) is 6.04. The van der Waals surface area contributed by atoms with Crippen molar-refractivity contribution in [1.29, 1.82) is 0 Å². The number of halogens is 1. The zero-order chi connectivity index (χ0) is 22.1. The van der Waals surface area contributed by atoms with Crippen LogP contribution in [0.2, 0.25) is 0 Å². The van der Waals surface area contributed by atoms with E-state index in [1.807, 2.05) is 51.1 Å². The van der Waals surface area contributed by atoms with Crippen molar-refractivity contribution in [3.63, 3.8) is 0 Å². The molecule has 0 aliphatic rings. The molecule has 0 aliphatic carbocycles. The summed E-state index contributed by atoms with van der Waals surface area (Å²) >= 11 is 8.72. The van der Waals surface area contributed by atoms with Crippen molar-refractivity contribution >= 4 is 56.0 Å². The summed E-state index contributed by atoms with van der Waals surface area (Å²) in [6.07, 6.45) is 0. The lowest BCUT2D eigenvalue weighted by Crippen LogP contribution is -2.34. The molecule has 0 radical (unpaired) electrons. The molecule has 0 saturated carbocycles. The molecular weight excluding hydrogens is 474 g/mol. The lowest BCUT2D eigenvalue weighted by Gasteiger charge is -2.12. The number of thiocarbonyl (C=S) groups is 1. The Balaban J connectivity index is 1.56. The molecule has 1 amide bonds. The summed E-state index contributed by atoms with van der Waals surface area (Å²) in [6, 6.07) is 17.0. The SMILES string of the molecule is Cc1cc(C)c2oc(-c3ccc(C)c(NC(=S)NC(=O)c4cccc(Br)c4)c3)nc2c1. The van der Waals surface area contributed by atoms with Crippen molar-refractivity contribution in [2.24, 2.45) is 0 Å². The monoisotopic (exact) mass is 493 g/mol. The molecule has 3 aromatic carbocycles. The lowest BCUT2D eigenvalue weighted by atomic mass is 10.1. The molecule has 0 fully saturated rings. The van der Waals surface area contributed by atoms with Gasteiger partial charge in [0.05, 0.1) is 0 Å². The Morgan fingerprint density at radius 2 is 1.84 bits per heavy atom. The third kappa shape index (κ3) is 4.68. The van der Waals surface area contributed by atoms with E-state index in [1.165, 1.54) is 0 Å². The van der Waals surface area contributed by atoms with Crippen LogP contribution >= 0.6 is 28.1 Å². The molecule has 5 nitrogen and oxygen atoms in total. The van der Waals surface area contributed by atoms with Crippen LogP contribution in [-0.2, 0) is 0 Å². The first kappa shape index (κ1) is 21.2. The van der Waals surface area contributed by atoms with Gasteiger partial charge < -0.3 is 9.73 Å². The molecular formula is C24H20BrN3O2S. The molecule has 0 aliphatic heterocycles. The van der Waals surface area contributed by atoms with E-state index < -0.39 is 0 Å². The number of amides is 1. The molecule has 4 rings (SSSR count). The molecule has 1 heterocycles. The highest BCUT2D eigenvalue weighted by Crippen LogP contribution is 2.30. The molecule has 31 heavy (non-hydrogen) atoms. The van der Waals surface area contributed by atoms with Crippen molar-refractivity contribution in [1.82, 2.24) is 10.3 Å². The van der Waals surface area contributed by atoms with Crippen LogP contribution in [0.3, 0.4) is 0 Å². The number of carbonyl (C=O) groups is 1. The number of anilines is 1. The van der Waals surface area contributed by atoms with Crippen molar-refractivity contribution in [2.45, 2.75) is 20.8 Å². The standard InChI is InChI=1S/C24H20BrN3O2S/c1-13-9-15(3)21-20(10-13)26-23(30-21)17-8-7-14(2)19(12-17)27-24(31)28-22(29)16-5-4-6-18(25)11-16/h4-12H,1-3H3,(H2,27,28,29,31). The van der Waals surface area contributed by atoms with E-state index >= 15 is 0 Å². The van der Waals surface area contributed by atoms with Gasteiger partial charge in [-0.25, -0.2) is 4.98 Å². The highest BCUT2D eigenvalue weighted by molar-refractivity contribution is 9.10. The van der Waals surface area contributed by atoms with E-state index in [1.54, 1.807) is 18.2 Å². The van der Waals surface area contributed by atoms with Crippen molar-refractivity contribution in [3.05, 3.63) is 81.3 Å². The number of aromatic nitrogens is 1. The van der Waals surface area contributed by atoms with Gasteiger partial charge in [0.2, 0.25) is 5.89 Å². The van der Waals surface area contributed by atoms with E-state index in [2.05, 4.69) is 37.6 Å². The number of nitrogens with zero attached hydrogens (tertiary/aromatic N) is 1. The first-order chi connectivity index (χ1) is 14.8. The van der Waals surface area contributed by atoms with Crippen molar-refractivity contribution in [2.75, 3.05) is 5.32 Å². The number of hydrogen-bond acceptors (Lipinski definition) is 4. The van der Waals surface area contributed by atoms with Gasteiger partial charge >= 0.3 is 0 Å². The number of benzene rings is 3. The number of hydrogen-bond donors (Lipinski definition) is 2. The highest BCUT2D eigenvalue weighted by Gasteiger charge is 2.14. The van der Waals surface area contributed by atoms with Gasteiger partial charge in [-0.2, -0.15) is 0 Å². The van der Waals surface area contributed by atoms with Gasteiger partial charge in [0.15, 0.2) is 10.7 Å². The Hall–Kier alpha value is -3.03. The average molecular weight is 494 g/mol. The number of aryl methyl sites for hydroxylation is 3. The first-order valence-electron chi connectivity index (χ1n) is 9.67. The summed E-state index contributed by atoms with van der Waals surface area (Å²) in [6.45, 7) is 6.02. The summed E-state index contributed by atoms with van der Waals surface area (Å²) in [5.41, 5.74) is 6.90. The topological polar surface area (TPSA) is 67.2 Å². The zero-order valence-electron chi connectivity index (χ0n) is 17.2.